The summed E-state index contributed by atoms with van der Waals surface area (Å²) >= 11 is 7.78. The number of halogens is 2. The fourth-order valence-electron chi connectivity index (χ4n) is 3.43. The van der Waals surface area contributed by atoms with E-state index in [1.54, 1.807) is 12.1 Å². The Bertz CT molecular complexity index is 1270. The van der Waals surface area contributed by atoms with Gasteiger partial charge >= 0.3 is 0 Å². The Balaban J connectivity index is 1.51. The number of aryl methyl sites for hydroxylation is 1. The second-order valence-corrected chi connectivity index (χ2v) is 8.70. The van der Waals surface area contributed by atoms with Gasteiger partial charge in [-0.3, -0.25) is 0 Å². The highest BCUT2D eigenvalue weighted by atomic mass is 35.5. The van der Waals surface area contributed by atoms with Crippen LogP contribution in [0.2, 0.25) is 5.02 Å². The number of para-hydroxylation sites is 1. The largest absolute Gasteiger partial charge is 0.448 e. The molecule has 0 fully saturated rings. The normalized spacial score (nSPS) is 14.5. The third-order valence-corrected chi connectivity index (χ3v) is 6.32. The minimum Gasteiger partial charge on any atom is -0.448 e. The number of nitrogens with one attached hydrogen (secondary N) is 1. The molecule has 1 atom stereocenters. The lowest BCUT2D eigenvalue weighted by Gasteiger charge is -2.20. The molecular weight excluding hydrogens is 447 g/mol. The first kappa shape index (κ1) is 20.7. The van der Waals surface area contributed by atoms with Gasteiger partial charge in [-0.25, -0.2) is 4.39 Å². The Labute approximate surface area is 194 Å². The molecule has 1 aliphatic rings. The van der Waals surface area contributed by atoms with Crippen molar-refractivity contribution in [2.75, 3.05) is 5.32 Å². The van der Waals surface area contributed by atoms with Crippen LogP contribution in [0.15, 0.2) is 71.9 Å². The molecule has 1 aromatic heterocycles. The lowest BCUT2D eigenvalue weighted by Crippen LogP contribution is -2.19. The van der Waals surface area contributed by atoms with E-state index in [4.69, 9.17) is 16.3 Å². The fraction of sp³-hybridized carbons (Fsp3) is 0.125. The Morgan fingerprint density at radius 1 is 1.03 bits per heavy atom. The summed E-state index contributed by atoms with van der Waals surface area (Å²) in [4.78, 5) is 4.60. The fourth-order valence-corrected chi connectivity index (χ4v) is 4.43. The quantitative estimate of drug-likeness (QED) is 0.351. The molecule has 0 amide bonds. The summed E-state index contributed by atoms with van der Waals surface area (Å²) in [6.07, 6.45) is -0.877. The highest BCUT2D eigenvalue weighted by molar-refractivity contribution is 7.98. The van der Waals surface area contributed by atoms with Crippen molar-refractivity contribution in [1.29, 1.82) is 0 Å². The molecule has 0 saturated carbocycles. The zero-order valence-electron chi connectivity index (χ0n) is 17.0. The van der Waals surface area contributed by atoms with Crippen molar-refractivity contribution in [3.8, 4) is 17.1 Å². The molecule has 1 N–H and O–H groups in total. The number of hydrogen-bond donors (Lipinski definition) is 1. The Hall–Kier alpha value is -3.16. The number of nitrogens with zero attached hydrogens (tertiary/aromatic N) is 3. The first-order chi connectivity index (χ1) is 15.6. The van der Waals surface area contributed by atoms with Crippen LogP contribution in [-0.2, 0) is 5.75 Å². The number of thioether (sulfide) groups is 1. The number of anilines is 1. The van der Waals surface area contributed by atoms with E-state index in [-0.39, 0.29) is 16.5 Å². The van der Waals surface area contributed by atoms with Crippen LogP contribution in [0.5, 0.6) is 5.88 Å². The number of fused-ring (bicyclic) bond motifs is 3. The van der Waals surface area contributed by atoms with Crippen molar-refractivity contribution < 1.29 is 9.13 Å². The predicted octanol–water partition coefficient (Wildman–Crippen LogP) is 6.43. The van der Waals surface area contributed by atoms with Crippen molar-refractivity contribution in [3.05, 3.63) is 94.3 Å². The summed E-state index contributed by atoms with van der Waals surface area (Å²) in [7, 11) is 0. The summed E-state index contributed by atoms with van der Waals surface area (Å²) < 4.78 is 20.8. The van der Waals surface area contributed by atoms with E-state index in [0.29, 0.717) is 16.6 Å². The lowest BCUT2D eigenvalue weighted by molar-refractivity contribution is 0.220. The number of rotatable bonds is 4. The lowest BCUT2D eigenvalue weighted by atomic mass is 10.1. The molecule has 5 rings (SSSR count). The van der Waals surface area contributed by atoms with E-state index in [1.807, 2.05) is 24.3 Å². The van der Waals surface area contributed by atoms with Crippen LogP contribution in [0.4, 0.5) is 10.1 Å². The summed E-state index contributed by atoms with van der Waals surface area (Å²) in [5, 5.41) is 12.7. The average molecular weight is 465 g/mol. The van der Waals surface area contributed by atoms with Crippen molar-refractivity contribution in [2.45, 2.75) is 24.1 Å². The molecule has 0 bridgehead atoms. The third-order valence-electron chi connectivity index (χ3n) is 5.08. The van der Waals surface area contributed by atoms with Gasteiger partial charge in [-0.1, -0.05) is 77.5 Å². The monoisotopic (exact) mass is 464 g/mol. The van der Waals surface area contributed by atoms with Crippen molar-refractivity contribution in [1.82, 2.24) is 15.2 Å². The zero-order chi connectivity index (χ0) is 22.1. The van der Waals surface area contributed by atoms with E-state index >= 15 is 0 Å². The second kappa shape index (κ2) is 8.76. The predicted molar refractivity (Wildman–Crippen MR) is 124 cm³/mol. The molecule has 4 aromatic rings. The summed E-state index contributed by atoms with van der Waals surface area (Å²) in [6.45, 7) is 2.05. The smallest absolute Gasteiger partial charge is 0.247 e. The zero-order valence-corrected chi connectivity index (χ0v) is 18.6. The van der Waals surface area contributed by atoms with Gasteiger partial charge in [0.15, 0.2) is 5.69 Å². The van der Waals surface area contributed by atoms with Gasteiger partial charge in [0, 0.05) is 17.0 Å². The average Bonchev–Trinajstić information content (AvgIpc) is 2.95. The first-order valence-corrected chi connectivity index (χ1v) is 11.3. The van der Waals surface area contributed by atoms with Gasteiger partial charge in [-0.15, -0.1) is 10.2 Å². The van der Waals surface area contributed by atoms with E-state index in [9.17, 15) is 4.39 Å². The summed E-state index contributed by atoms with van der Waals surface area (Å²) in [5.41, 5.74) is 4.56. The molecule has 0 radical (unpaired) electrons. The minimum absolute atomic E-state index is 0.212. The molecule has 0 unspecified atom stereocenters. The van der Waals surface area contributed by atoms with E-state index in [0.717, 1.165) is 16.8 Å². The van der Waals surface area contributed by atoms with Gasteiger partial charge in [0.1, 0.15) is 5.82 Å². The molecule has 160 valence electrons. The SMILES string of the molecule is Cc1ccc(CSc2nnc3c(n2)O[C@H](c2c(F)cccc2Cl)Nc2ccccc2-3)cc1. The molecule has 0 aliphatic carbocycles. The standard InChI is InChI=1S/C24H18ClFN4OS/c1-14-9-11-15(12-10-14)13-32-24-28-23-21(29-30-24)16-5-2-3-8-19(16)27-22(31-23)20-17(25)6-4-7-18(20)26/h2-12,22,27H,13H2,1H3/t22-/m1/s1. The maximum atomic E-state index is 14.7. The molecule has 0 saturated heterocycles. The maximum Gasteiger partial charge on any atom is 0.247 e. The Morgan fingerprint density at radius 3 is 2.66 bits per heavy atom. The second-order valence-electron chi connectivity index (χ2n) is 7.35. The van der Waals surface area contributed by atoms with Crippen molar-refractivity contribution >= 4 is 29.1 Å². The highest BCUT2D eigenvalue weighted by Crippen LogP contribution is 2.41. The van der Waals surface area contributed by atoms with Gasteiger partial charge in [0.2, 0.25) is 17.3 Å². The van der Waals surface area contributed by atoms with Crippen LogP contribution in [0, 0.1) is 12.7 Å². The van der Waals surface area contributed by atoms with Crippen molar-refractivity contribution in [3.63, 3.8) is 0 Å². The molecule has 0 spiro atoms. The molecule has 1 aliphatic heterocycles. The summed E-state index contributed by atoms with van der Waals surface area (Å²) in [6, 6.07) is 20.4. The van der Waals surface area contributed by atoms with Gasteiger partial charge in [-0.05, 0) is 30.7 Å². The maximum absolute atomic E-state index is 14.7. The van der Waals surface area contributed by atoms with E-state index in [1.165, 1.54) is 23.4 Å². The highest BCUT2D eigenvalue weighted by Gasteiger charge is 2.29. The Morgan fingerprint density at radius 2 is 1.84 bits per heavy atom. The molecule has 2 heterocycles. The molecular formula is C24H18ClFN4OS. The van der Waals surface area contributed by atoms with Gasteiger partial charge in [-0.2, -0.15) is 4.98 Å². The van der Waals surface area contributed by atoms with Crippen molar-refractivity contribution in [2.24, 2.45) is 0 Å². The van der Waals surface area contributed by atoms with Gasteiger partial charge < -0.3 is 10.1 Å². The third kappa shape index (κ3) is 4.13. The van der Waals surface area contributed by atoms with Crippen LogP contribution in [0.25, 0.3) is 11.3 Å². The number of aromatic nitrogens is 3. The minimum atomic E-state index is -0.877. The van der Waals surface area contributed by atoms with Crippen LogP contribution in [0.1, 0.15) is 22.9 Å². The first-order valence-electron chi connectivity index (χ1n) is 9.98. The molecule has 5 nitrogen and oxygen atoms in total. The number of ether oxygens (including phenoxy) is 1. The topological polar surface area (TPSA) is 59.9 Å². The van der Waals surface area contributed by atoms with Gasteiger partial charge in [0.25, 0.3) is 0 Å². The van der Waals surface area contributed by atoms with Crippen LogP contribution >= 0.6 is 23.4 Å². The van der Waals surface area contributed by atoms with E-state index in [2.05, 4.69) is 51.7 Å². The van der Waals surface area contributed by atoms with Crippen LogP contribution in [0.3, 0.4) is 0 Å². The van der Waals surface area contributed by atoms with Crippen LogP contribution in [-0.4, -0.2) is 15.2 Å². The number of hydrogen-bond acceptors (Lipinski definition) is 6. The summed E-state index contributed by atoms with van der Waals surface area (Å²) in [5.74, 6) is 0.498. The molecule has 8 heteroatoms. The van der Waals surface area contributed by atoms with Crippen LogP contribution < -0.4 is 10.1 Å². The molecule has 32 heavy (non-hydrogen) atoms. The number of benzene rings is 3. The Kier molecular flexibility index (Phi) is 5.68. The van der Waals surface area contributed by atoms with Gasteiger partial charge in [0.05, 0.1) is 10.6 Å². The molecule has 3 aromatic carbocycles. The van der Waals surface area contributed by atoms with E-state index < -0.39 is 12.0 Å².